The summed E-state index contributed by atoms with van der Waals surface area (Å²) in [4.78, 5) is 0. The van der Waals surface area contributed by atoms with Gasteiger partial charge in [0.1, 0.15) is 6.04 Å². The van der Waals surface area contributed by atoms with Crippen LogP contribution in [0.4, 0.5) is 0 Å². The van der Waals surface area contributed by atoms with Crippen molar-refractivity contribution in [3.8, 4) is 6.07 Å². The van der Waals surface area contributed by atoms with Crippen LogP contribution in [-0.2, 0) is 4.74 Å². The average molecular weight is 224 g/mol. The maximum absolute atomic E-state index is 9.03. The second kappa shape index (κ2) is 6.22. The van der Waals surface area contributed by atoms with Crippen molar-refractivity contribution < 1.29 is 4.74 Å². The Bertz CT molecular complexity index is 233. The maximum atomic E-state index is 9.03. The fourth-order valence-electron chi connectivity index (χ4n) is 2.10. The Morgan fingerprint density at radius 2 is 1.94 bits per heavy atom. The number of ether oxygens (including phenoxy) is 1. The van der Waals surface area contributed by atoms with Crippen LogP contribution in [0.3, 0.4) is 0 Å². The average Bonchev–Trinajstić information content (AvgIpc) is 2.24. The Balaban J connectivity index is 2.25. The van der Waals surface area contributed by atoms with Crippen LogP contribution < -0.4 is 5.32 Å². The van der Waals surface area contributed by atoms with Crippen LogP contribution in [0.5, 0.6) is 0 Å². The zero-order valence-electron chi connectivity index (χ0n) is 10.8. The highest BCUT2D eigenvalue weighted by Gasteiger charge is 2.19. The van der Waals surface area contributed by atoms with Crippen LogP contribution in [0.25, 0.3) is 0 Å². The molecule has 16 heavy (non-hydrogen) atoms. The summed E-state index contributed by atoms with van der Waals surface area (Å²) in [5.74, 6) is 0. The molecule has 0 bridgehead atoms. The van der Waals surface area contributed by atoms with Crippen molar-refractivity contribution in [1.29, 1.82) is 5.26 Å². The Morgan fingerprint density at radius 3 is 2.44 bits per heavy atom. The summed E-state index contributed by atoms with van der Waals surface area (Å²) < 4.78 is 5.80. The zero-order valence-corrected chi connectivity index (χ0v) is 10.8. The third kappa shape index (κ3) is 5.48. The van der Waals surface area contributed by atoms with Crippen molar-refractivity contribution in [3.05, 3.63) is 0 Å². The highest BCUT2D eigenvalue weighted by molar-refractivity contribution is 4.93. The molecule has 0 aromatic rings. The predicted molar refractivity (Wildman–Crippen MR) is 65.1 cm³/mol. The van der Waals surface area contributed by atoms with Crippen LogP contribution >= 0.6 is 0 Å². The van der Waals surface area contributed by atoms with Gasteiger partial charge in [0, 0.05) is 5.54 Å². The summed E-state index contributed by atoms with van der Waals surface area (Å²) in [6.07, 6.45) is 6.58. The first-order valence-corrected chi connectivity index (χ1v) is 6.30. The first-order valence-electron chi connectivity index (χ1n) is 6.30. The number of rotatable bonds is 4. The van der Waals surface area contributed by atoms with E-state index in [9.17, 15) is 0 Å². The highest BCUT2D eigenvalue weighted by atomic mass is 16.5. The summed E-state index contributed by atoms with van der Waals surface area (Å²) in [5.41, 5.74) is -0.0314. The SMILES string of the molecule is CC(C)(C)NC(C#N)COC1CCCCC1. The molecule has 0 amide bonds. The lowest BCUT2D eigenvalue weighted by molar-refractivity contribution is 0.0198. The quantitative estimate of drug-likeness (QED) is 0.798. The molecule has 0 aromatic heterocycles. The van der Waals surface area contributed by atoms with Gasteiger partial charge < -0.3 is 4.74 Å². The van der Waals surface area contributed by atoms with Crippen LogP contribution in [0.15, 0.2) is 0 Å². The monoisotopic (exact) mass is 224 g/mol. The third-order valence-electron chi connectivity index (χ3n) is 2.81. The molecule has 1 unspecified atom stereocenters. The molecule has 1 aliphatic carbocycles. The van der Waals surface area contributed by atoms with Gasteiger partial charge in [-0.1, -0.05) is 19.3 Å². The van der Waals surface area contributed by atoms with Crippen molar-refractivity contribution in [3.63, 3.8) is 0 Å². The zero-order chi connectivity index (χ0) is 12.0. The van der Waals surface area contributed by atoms with E-state index in [1.54, 1.807) is 0 Å². The third-order valence-corrected chi connectivity index (χ3v) is 2.81. The molecule has 3 heteroatoms. The second-order valence-corrected chi connectivity index (χ2v) is 5.67. The number of nitriles is 1. The number of nitrogens with one attached hydrogen (secondary N) is 1. The molecule has 92 valence electrons. The van der Waals surface area contributed by atoms with Gasteiger partial charge in [0.05, 0.1) is 18.8 Å². The molecule has 1 rings (SSSR count). The number of nitrogens with zero attached hydrogens (tertiary/aromatic N) is 1. The van der Waals surface area contributed by atoms with Crippen molar-refractivity contribution >= 4 is 0 Å². The Hall–Kier alpha value is -0.590. The summed E-state index contributed by atoms with van der Waals surface area (Å²) in [5, 5.41) is 12.3. The van der Waals surface area contributed by atoms with Crippen LogP contribution in [0.2, 0.25) is 0 Å². The lowest BCUT2D eigenvalue weighted by Gasteiger charge is -2.27. The first-order chi connectivity index (χ1) is 7.51. The Labute approximate surface area is 99.2 Å². The van der Waals surface area contributed by atoms with Gasteiger partial charge in [-0.25, -0.2) is 0 Å². The molecule has 1 fully saturated rings. The minimum Gasteiger partial charge on any atom is -0.375 e. The molecule has 0 saturated heterocycles. The largest absolute Gasteiger partial charge is 0.375 e. The molecule has 1 atom stereocenters. The highest BCUT2D eigenvalue weighted by Crippen LogP contribution is 2.20. The van der Waals surface area contributed by atoms with Crippen LogP contribution in [0.1, 0.15) is 52.9 Å². The summed E-state index contributed by atoms with van der Waals surface area (Å²) in [7, 11) is 0. The molecule has 0 aliphatic heterocycles. The van der Waals surface area contributed by atoms with Gasteiger partial charge in [-0.15, -0.1) is 0 Å². The van der Waals surface area contributed by atoms with Crippen molar-refractivity contribution in [2.75, 3.05) is 6.61 Å². The van der Waals surface area contributed by atoms with Gasteiger partial charge >= 0.3 is 0 Å². The van der Waals surface area contributed by atoms with E-state index in [0.717, 1.165) is 12.8 Å². The molecule has 1 aliphatic rings. The van der Waals surface area contributed by atoms with Crippen molar-refractivity contribution in [2.24, 2.45) is 0 Å². The van der Waals surface area contributed by atoms with E-state index >= 15 is 0 Å². The van der Waals surface area contributed by atoms with Crippen molar-refractivity contribution in [1.82, 2.24) is 5.32 Å². The molecule has 1 N–H and O–H groups in total. The number of hydrogen-bond acceptors (Lipinski definition) is 3. The van der Waals surface area contributed by atoms with E-state index < -0.39 is 0 Å². The smallest absolute Gasteiger partial charge is 0.119 e. The van der Waals surface area contributed by atoms with E-state index in [2.05, 4.69) is 32.2 Å². The van der Waals surface area contributed by atoms with E-state index in [-0.39, 0.29) is 11.6 Å². The fraction of sp³-hybridized carbons (Fsp3) is 0.923. The van der Waals surface area contributed by atoms with E-state index in [0.29, 0.717) is 12.7 Å². The maximum Gasteiger partial charge on any atom is 0.119 e. The fourth-order valence-corrected chi connectivity index (χ4v) is 2.10. The van der Waals surface area contributed by atoms with Gasteiger partial charge in [0.2, 0.25) is 0 Å². The van der Waals surface area contributed by atoms with E-state index in [4.69, 9.17) is 10.00 Å². The Kier molecular flexibility index (Phi) is 5.24. The van der Waals surface area contributed by atoms with Gasteiger partial charge in [-0.2, -0.15) is 5.26 Å². The lowest BCUT2D eigenvalue weighted by Crippen LogP contribution is -2.45. The molecule has 0 aromatic carbocycles. The minimum atomic E-state index is -0.193. The predicted octanol–water partition coefficient (Wildman–Crippen LogP) is 2.62. The normalized spacial score (nSPS) is 20.4. The molecule has 3 nitrogen and oxygen atoms in total. The topological polar surface area (TPSA) is 45.0 Å². The van der Waals surface area contributed by atoms with Gasteiger partial charge in [0.15, 0.2) is 0 Å². The first kappa shape index (κ1) is 13.5. The Morgan fingerprint density at radius 1 is 1.31 bits per heavy atom. The summed E-state index contributed by atoms with van der Waals surface area (Å²) in [6, 6.07) is 2.07. The lowest BCUT2D eigenvalue weighted by atomic mass is 9.98. The van der Waals surface area contributed by atoms with Gasteiger partial charge in [-0.3, -0.25) is 5.32 Å². The minimum absolute atomic E-state index is 0.0314. The van der Waals surface area contributed by atoms with Crippen LogP contribution in [-0.4, -0.2) is 24.3 Å². The molecular weight excluding hydrogens is 200 g/mol. The van der Waals surface area contributed by atoms with Gasteiger partial charge in [0.25, 0.3) is 0 Å². The standard InChI is InChI=1S/C13H24N2O/c1-13(2,3)15-11(9-14)10-16-12-7-5-4-6-8-12/h11-12,15H,4-8,10H2,1-3H3. The second-order valence-electron chi connectivity index (χ2n) is 5.67. The molecule has 0 spiro atoms. The van der Waals surface area contributed by atoms with Gasteiger partial charge in [-0.05, 0) is 33.6 Å². The van der Waals surface area contributed by atoms with E-state index in [1.165, 1.54) is 19.3 Å². The summed E-state index contributed by atoms with van der Waals surface area (Å²) >= 11 is 0. The molecule has 0 heterocycles. The number of hydrogen-bond donors (Lipinski definition) is 1. The van der Waals surface area contributed by atoms with E-state index in [1.807, 2.05) is 0 Å². The molecular formula is C13H24N2O. The molecule has 1 saturated carbocycles. The summed E-state index contributed by atoms with van der Waals surface area (Å²) in [6.45, 7) is 6.71. The van der Waals surface area contributed by atoms with Crippen LogP contribution in [0, 0.1) is 11.3 Å². The molecule has 0 radical (unpaired) electrons. The van der Waals surface area contributed by atoms with Crippen molar-refractivity contribution in [2.45, 2.75) is 70.6 Å².